The highest BCUT2D eigenvalue weighted by atomic mass is 32.2. The van der Waals surface area contributed by atoms with Gasteiger partial charge in [-0.3, -0.25) is 19.5 Å². The summed E-state index contributed by atoms with van der Waals surface area (Å²) in [5, 5.41) is 5.06. The van der Waals surface area contributed by atoms with Crippen LogP contribution in [0, 0.1) is 6.92 Å². The summed E-state index contributed by atoms with van der Waals surface area (Å²) in [6, 6.07) is 14.1. The van der Waals surface area contributed by atoms with Gasteiger partial charge in [0.05, 0.1) is 21.8 Å². The molecule has 7 nitrogen and oxygen atoms in total. The van der Waals surface area contributed by atoms with E-state index < -0.39 is 17.2 Å². The molecular weight excluding hydrogens is 388 g/mol. The van der Waals surface area contributed by atoms with Gasteiger partial charge in [0.15, 0.2) is 5.16 Å². The third-order valence-corrected chi connectivity index (χ3v) is 5.28. The number of para-hydroxylation sites is 1. The molecule has 0 fully saturated rings. The van der Waals surface area contributed by atoms with Crippen LogP contribution in [0.15, 0.2) is 58.5 Å². The van der Waals surface area contributed by atoms with Crippen LogP contribution in [-0.4, -0.2) is 33.3 Å². The molecule has 0 aliphatic heterocycles. The quantitative estimate of drug-likeness (QED) is 0.498. The Bertz CT molecular complexity index is 1130. The molecule has 0 spiro atoms. The minimum atomic E-state index is -0.637. The molecule has 2 aromatic carbocycles. The van der Waals surface area contributed by atoms with E-state index in [4.69, 9.17) is 0 Å². The van der Waals surface area contributed by atoms with Gasteiger partial charge in [-0.1, -0.05) is 36.0 Å². The van der Waals surface area contributed by atoms with Crippen LogP contribution in [0.25, 0.3) is 16.6 Å². The van der Waals surface area contributed by atoms with Crippen molar-refractivity contribution in [2.45, 2.75) is 31.2 Å². The average Bonchev–Trinajstić information content (AvgIpc) is 2.68. The zero-order valence-corrected chi connectivity index (χ0v) is 17.2. The summed E-state index contributed by atoms with van der Waals surface area (Å²) >= 11 is 1.13. The van der Waals surface area contributed by atoms with Crippen LogP contribution in [0.5, 0.6) is 0 Å². The van der Waals surface area contributed by atoms with E-state index in [2.05, 4.69) is 15.6 Å². The van der Waals surface area contributed by atoms with Crippen molar-refractivity contribution in [1.82, 2.24) is 20.2 Å². The van der Waals surface area contributed by atoms with Crippen molar-refractivity contribution in [2.24, 2.45) is 0 Å². The SMILES string of the molecule is CCNC(=O)NC(=O)[C@@H](C)Sc1nc2ccccc2c(=O)n1-c1cccc(C)c1. The number of aromatic nitrogens is 2. The number of rotatable bonds is 5. The normalized spacial score (nSPS) is 11.8. The van der Waals surface area contributed by atoms with Crippen LogP contribution in [0.1, 0.15) is 19.4 Å². The maximum absolute atomic E-state index is 13.2. The highest BCUT2D eigenvalue weighted by Gasteiger charge is 2.21. The molecule has 3 rings (SSSR count). The Balaban J connectivity index is 2.04. The van der Waals surface area contributed by atoms with Crippen LogP contribution in [-0.2, 0) is 4.79 Å². The first-order valence-corrected chi connectivity index (χ1v) is 10.1. The van der Waals surface area contributed by atoms with Crippen LogP contribution in [0.3, 0.4) is 0 Å². The molecule has 0 aliphatic rings. The van der Waals surface area contributed by atoms with Crippen LogP contribution in [0.2, 0.25) is 0 Å². The van der Waals surface area contributed by atoms with Gasteiger partial charge in [-0.2, -0.15) is 0 Å². The minimum Gasteiger partial charge on any atom is -0.338 e. The number of amides is 3. The monoisotopic (exact) mass is 410 g/mol. The summed E-state index contributed by atoms with van der Waals surface area (Å²) in [6.07, 6.45) is 0. The van der Waals surface area contributed by atoms with E-state index in [1.165, 1.54) is 4.57 Å². The molecule has 1 heterocycles. The first-order chi connectivity index (χ1) is 13.9. The molecule has 0 saturated carbocycles. The molecule has 29 heavy (non-hydrogen) atoms. The number of thioether (sulfide) groups is 1. The average molecular weight is 410 g/mol. The highest BCUT2D eigenvalue weighted by Crippen LogP contribution is 2.25. The van der Waals surface area contributed by atoms with E-state index in [1.807, 2.05) is 37.3 Å². The molecule has 150 valence electrons. The Hall–Kier alpha value is -3.13. The van der Waals surface area contributed by atoms with Crippen molar-refractivity contribution in [3.8, 4) is 5.69 Å². The largest absolute Gasteiger partial charge is 0.338 e. The highest BCUT2D eigenvalue weighted by molar-refractivity contribution is 8.00. The van der Waals surface area contributed by atoms with Crippen molar-refractivity contribution >= 4 is 34.6 Å². The minimum absolute atomic E-state index is 0.208. The summed E-state index contributed by atoms with van der Waals surface area (Å²) in [7, 11) is 0. The third kappa shape index (κ3) is 4.65. The summed E-state index contributed by atoms with van der Waals surface area (Å²) in [4.78, 5) is 41.9. The van der Waals surface area contributed by atoms with Gasteiger partial charge < -0.3 is 5.32 Å². The van der Waals surface area contributed by atoms with Crippen molar-refractivity contribution in [1.29, 1.82) is 0 Å². The summed E-state index contributed by atoms with van der Waals surface area (Å²) < 4.78 is 1.51. The van der Waals surface area contributed by atoms with Gasteiger partial charge in [0.1, 0.15) is 0 Å². The molecule has 1 atom stereocenters. The van der Waals surface area contributed by atoms with E-state index in [1.54, 1.807) is 32.0 Å². The van der Waals surface area contributed by atoms with Gasteiger partial charge in [0, 0.05) is 6.54 Å². The number of urea groups is 1. The number of imide groups is 1. The van der Waals surface area contributed by atoms with E-state index in [9.17, 15) is 14.4 Å². The molecule has 0 saturated heterocycles. The predicted molar refractivity (Wildman–Crippen MR) is 115 cm³/mol. The van der Waals surface area contributed by atoms with Crippen molar-refractivity contribution in [3.05, 3.63) is 64.4 Å². The number of benzene rings is 2. The molecule has 3 amide bonds. The maximum Gasteiger partial charge on any atom is 0.321 e. The second kappa shape index (κ2) is 8.91. The Kier molecular flexibility index (Phi) is 6.33. The Labute approximate surface area is 172 Å². The lowest BCUT2D eigenvalue weighted by Gasteiger charge is -2.16. The number of aryl methyl sites for hydroxylation is 1. The lowest BCUT2D eigenvalue weighted by molar-refractivity contribution is -0.119. The van der Waals surface area contributed by atoms with E-state index in [0.29, 0.717) is 28.3 Å². The fourth-order valence-electron chi connectivity index (χ4n) is 2.82. The standard InChI is InChI=1S/C21H22N4O3S/c1-4-22-20(28)24-18(26)14(3)29-21-23-17-11-6-5-10-16(17)19(27)25(21)15-9-7-8-13(2)12-15/h5-12,14H,4H2,1-3H3,(H2,22,24,26,28)/t14-/m1/s1. The number of hydrogen-bond acceptors (Lipinski definition) is 5. The molecular formula is C21H22N4O3S. The smallest absolute Gasteiger partial charge is 0.321 e. The van der Waals surface area contributed by atoms with Gasteiger partial charge in [0.2, 0.25) is 5.91 Å². The van der Waals surface area contributed by atoms with E-state index in [-0.39, 0.29) is 5.56 Å². The Morgan fingerprint density at radius 2 is 1.93 bits per heavy atom. The lowest BCUT2D eigenvalue weighted by Crippen LogP contribution is -2.42. The summed E-state index contributed by atoms with van der Waals surface area (Å²) in [5.41, 5.74) is 2.02. The zero-order valence-electron chi connectivity index (χ0n) is 16.4. The molecule has 3 aromatic rings. The summed E-state index contributed by atoms with van der Waals surface area (Å²) in [6.45, 7) is 5.79. The Morgan fingerprint density at radius 1 is 1.17 bits per heavy atom. The third-order valence-electron chi connectivity index (χ3n) is 4.23. The molecule has 0 unspecified atom stereocenters. The molecule has 0 bridgehead atoms. The maximum atomic E-state index is 13.2. The first kappa shape index (κ1) is 20.6. The fraction of sp³-hybridized carbons (Fsp3) is 0.238. The first-order valence-electron chi connectivity index (χ1n) is 9.25. The predicted octanol–water partition coefficient (Wildman–Crippen LogP) is 3.02. The fourth-order valence-corrected chi connectivity index (χ4v) is 3.74. The van der Waals surface area contributed by atoms with Gasteiger partial charge in [-0.05, 0) is 50.6 Å². The van der Waals surface area contributed by atoms with Gasteiger partial charge in [0.25, 0.3) is 5.56 Å². The molecule has 8 heteroatoms. The van der Waals surface area contributed by atoms with Crippen molar-refractivity contribution in [2.75, 3.05) is 6.54 Å². The van der Waals surface area contributed by atoms with Gasteiger partial charge in [-0.25, -0.2) is 9.78 Å². The molecule has 0 radical (unpaired) electrons. The molecule has 2 N–H and O–H groups in total. The van der Waals surface area contributed by atoms with Crippen molar-refractivity contribution < 1.29 is 9.59 Å². The molecule has 1 aromatic heterocycles. The zero-order chi connectivity index (χ0) is 21.0. The van der Waals surface area contributed by atoms with Crippen molar-refractivity contribution in [3.63, 3.8) is 0 Å². The van der Waals surface area contributed by atoms with Crippen LogP contribution < -0.4 is 16.2 Å². The van der Waals surface area contributed by atoms with E-state index in [0.717, 1.165) is 17.3 Å². The second-order valence-corrected chi connectivity index (χ2v) is 7.81. The lowest BCUT2D eigenvalue weighted by atomic mass is 10.2. The molecule has 0 aliphatic carbocycles. The number of fused-ring (bicyclic) bond motifs is 1. The number of nitrogens with one attached hydrogen (secondary N) is 2. The number of hydrogen-bond donors (Lipinski definition) is 2. The number of carbonyl (C=O) groups excluding carboxylic acids is 2. The van der Waals surface area contributed by atoms with Gasteiger partial charge >= 0.3 is 6.03 Å². The van der Waals surface area contributed by atoms with Crippen LogP contribution in [0.4, 0.5) is 4.79 Å². The van der Waals surface area contributed by atoms with Crippen LogP contribution >= 0.6 is 11.8 Å². The second-order valence-electron chi connectivity index (χ2n) is 6.50. The number of nitrogens with zero attached hydrogens (tertiary/aromatic N) is 2. The summed E-state index contributed by atoms with van der Waals surface area (Å²) in [5.74, 6) is -0.459. The van der Waals surface area contributed by atoms with Gasteiger partial charge in [-0.15, -0.1) is 0 Å². The topological polar surface area (TPSA) is 93.1 Å². The Morgan fingerprint density at radius 3 is 2.66 bits per heavy atom. The van der Waals surface area contributed by atoms with E-state index >= 15 is 0 Å². The number of carbonyl (C=O) groups is 2.